The summed E-state index contributed by atoms with van der Waals surface area (Å²) in [5.41, 5.74) is -0.0553. The van der Waals surface area contributed by atoms with Crippen molar-refractivity contribution in [3.63, 3.8) is 0 Å². The molecule has 1 N–H and O–H groups in total. The van der Waals surface area contributed by atoms with Gasteiger partial charge in [0.25, 0.3) is 5.56 Å². The first-order valence-electron chi connectivity index (χ1n) is 7.69. The van der Waals surface area contributed by atoms with Crippen LogP contribution in [0.1, 0.15) is 32.0 Å². The lowest BCUT2D eigenvalue weighted by Crippen LogP contribution is -2.43. The molecular weight excluding hydrogens is 252 g/mol. The number of aryl methyl sites for hydroxylation is 1. The average molecular weight is 276 g/mol. The molecular formula is C15H24N4O. The number of rotatable bonds is 2. The van der Waals surface area contributed by atoms with Gasteiger partial charge in [-0.05, 0) is 25.7 Å². The summed E-state index contributed by atoms with van der Waals surface area (Å²) < 4.78 is 0. The molecule has 2 heterocycles. The molecule has 1 atom stereocenters. The van der Waals surface area contributed by atoms with Crippen LogP contribution in [0.3, 0.4) is 0 Å². The van der Waals surface area contributed by atoms with Crippen LogP contribution in [0.2, 0.25) is 0 Å². The molecule has 0 aromatic carbocycles. The fourth-order valence-corrected chi connectivity index (χ4v) is 3.28. The van der Waals surface area contributed by atoms with Crippen LogP contribution in [-0.4, -0.2) is 47.1 Å². The molecule has 5 nitrogen and oxygen atoms in total. The topological polar surface area (TPSA) is 52.2 Å². The predicted octanol–water partition coefficient (Wildman–Crippen LogP) is 1.39. The van der Waals surface area contributed by atoms with Crippen molar-refractivity contribution in [2.45, 2.75) is 39.2 Å². The van der Waals surface area contributed by atoms with Crippen molar-refractivity contribution in [2.24, 2.45) is 5.92 Å². The zero-order chi connectivity index (χ0) is 14.1. The maximum Gasteiger partial charge on any atom is 0.252 e. The summed E-state index contributed by atoms with van der Waals surface area (Å²) >= 11 is 0. The Hall–Kier alpha value is -1.36. The summed E-state index contributed by atoms with van der Waals surface area (Å²) in [4.78, 5) is 23.7. The summed E-state index contributed by atoms with van der Waals surface area (Å²) in [5.74, 6) is 2.13. The molecule has 5 heteroatoms. The van der Waals surface area contributed by atoms with E-state index in [2.05, 4.69) is 26.7 Å². The van der Waals surface area contributed by atoms with E-state index in [4.69, 9.17) is 0 Å². The van der Waals surface area contributed by atoms with E-state index < -0.39 is 0 Å². The fourth-order valence-electron chi connectivity index (χ4n) is 3.28. The zero-order valence-electron chi connectivity index (χ0n) is 12.4. The van der Waals surface area contributed by atoms with E-state index in [0.717, 1.165) is 31.5 Å². The van der Waals surface area contributed by atoms with Gasteiger partial charge in [-0.3, -0.25) is 9.69 Å². The largest absolute Gasteiger partial charge is 0.355 e. The minimum atomic E-state index is -0.0553. The molecule has 0 spiro atoms. The number of hydrogen-bond donors (Lipinski definition) is 1. The standard InChI is InChI=1S/C15H24N4O/c1-11-9-18(13-4-3-5-13)6-7-19(10-11)14-8-15(20)17-12(2)16-14/h8,11,13H,3-7,9-10H2,1-2H3,(H,16,17,20). The van der Waals surface area contributed by atoms with Crippen molar-refractivity contribution in [3.05, 3.63) is 22.2 Å². The molecule has 1 saturated heterocycles. The van der Waals surface area contributed by atoms with Gasteiger partial charge in [0, 0.05) is 38.3 Å². The number of hydrogen-bond acceptors (Lipinski definition) is 4. The number of anilines is 1. The van der Waals surface area contributed by atoms with Crippen molar-refractivity contribution in [1.82, 2.24) is 14.9 Å². The van der Waals surface area contributed by atoms with Crippen LogP contribution in [0.4, 0.5) is 5.82 Å². The summed E-state index contributed by atoms with van der Waals surface area (Å²) in [6.07, 6.45) is 4.10. The highest BCUT2D eigenvalue weighted by Crippen LogP contribution is 2.27. The Morgan fingerprint density at radius 2 is 2.10 bits per heavy atom. The lowest BCUT2D eigenvalue weighted by Gasteiger charge is -2.37. The van der Waals surface area contributed by atoms with Gasteiger partial charge in [-0.15, -0.1) is 0 Å². The quantitative estimate of drug-likeness (QED) is 0.887. The maximum atomic E-state index is 11.6. The van der Waals surface area contributed by atoms with E-state index in [1.165, 1.54) is 25.8 Å². The molecule has 0 radical (unpaired) electrons. The third-order valence-electron chi connectivity index (χ3n) is 4.50. The Balaban J connectivity index is 1.75. The number of nitrogens with zero attached hydrogens (tertiary/aromatic N) is 3. The lowest BCUT2D eigenvalue weighted by atomic mass is 9.91. The van der Waals surface area contributed by atoms with E-state index in [-0.39, 0.29) is 5.56 Å². The molecule has 1 unspecified atom stereocenters. The van der Waals surface area contributed by atoms with Gasteiger partial charge in [-0.1, -0.05) is 13.3 Å². The van der Waals surface area contributed by atoms with Gasteiger partial charge in [-0.2, -0.15) is 0 Å². The van der Waals surface area contributed by atoms with Gasteiger partial charge in [0.05, 0.1) is 0 Å². The van der Waals surface area contributed by atoms with Crippen molar-refractivity contribution < 1.29 is 0 Å². The van der Waals surface area contributed by atoms with Gasteiger partial charge in [-0.25, -0.2) is 4.98 Å². The predicted molar refractivity (Wildman–Crippen MR) is 80.2 cm³/mol. The monoisotopic (exact) mass is 276 g/mol. The number of H-pyrrole nitrogens is 1. The molecule has 1 aliphatic carbocycles. The molecule has 20 heavy (non-hydrogen) atoms. The van der Waals surface area contributed by atoms with E-state index in [0.29, 0.717) is 11.7 Å². The highest BCUT2D eigenvalue weighted by atomic mass is 16.1. The molecule has 0 bridgehead atoms. The molecule has 0 amide bonds. The van der Waals surface area contributed by atoms with Crippen LogP contribution in [-0.2, 0) is 0 Å². The Morgan fingerprint density at radius 3 is 2.75 bits per heavy atom. The fraction of sp³-hybridized carbons (Fsp3) is 0.733. The lowest BCUT2D eigenvalue weighted by molar-refractivity contribution is 0.124. The zero-order valence-corrected chi connectivity index (χ0v) is 12.4. The molecule has 1 aliphatic heterocycles. The van der Waals surface area contributed by atoms with Gasteiger partial charge in [0.1, 0.15) is 11.6 Å². The Kier molecular flexibility index (Phi) is 3.78. The molecule has 2 fully saturated rings. The van der Waals surface area contributed by atoms with Crippen LogP contribution in [0.25, 0.3) is 0 Å². The van der Waals surface area contributed by atoms with Gasteiger partial charge < -0.3 is 9.88 Å². The Labute approximate surface area is 120 Å². The molecule has 110 valence electrons. The van der Waals surface area contributed by atoms with E-state index >= 15 is 0 Å². The van der Waals surface area contributed by atoms with E-state index in [1.54, 1.807) is 6.07 Å². The van der Waals surface area contributed by atoms with Crippen LogP contribution in [0.15, 0.2) is 10.9 Å². The SMILES string of the molecule is Cc1nc(N2CCN(C3CCC3)CC(C)C2)cc(=O)[nH]1. The van der Waals surface area contributed by atoms with Crippen LogP contribution < -0.4 is 10.5 Å². The first kappa shape index (κ1) is 13.6. The third-order valence-corrected chi connectivity index (χ3v) is 4.50. The van der Waals surface area contributed by atoms with Crippen molar-refractivity contribution in [2.75, 3.05) is 31.1 Å². The van der Waals surface area contributed by atoms with E-state index in [1.807, 2.05) is 6.92 Å². The minimum absolute atomic E-state index is 0.0553. The maximum absolute atomic E-state index is 11.6. The highest BCUT2D eigenvalue weighted by molar-refractivity contribution is 5.37. The summed E-state index contributed by atoms with van der Waals surface area (Å²) in [6, 6.07) is 2.42. The van der Waals surface area contributed by atoms with Crippen molar-refractivity contribution in [3.8, 4) is 0 Å². The first-order valence-corrected chi connectivity index (χ1v) is 7.69. The Bertz CT molecular complexity index is 523. The summed E-state index contributed by atoms with van der Waals surface area (Å²) in [5, 5.41) is 0. The number of aromatic amines is 1. The number of aromatic nitrogens is 2. The van der Waals surface area contributed by atoms with E-state index in [9.17, 15) is 4.79 Å². The smallest absolute Gasteiger partial charge is 0.252 e. The first-order chi connectivity index (χ1) is 9.61. The van der Waals surface area contributed by atoms with Crippen LogP contribution >= 0.6 is 0 Å². The average Bonchev–Trinajstić information content (AvgIpc) is 2.48. The summed E-state index contributed by atoms with van der Waals surface area (Å²) in [6.45, 7) is 8.35. The second-order valence-electron chi connectivity index (χ2n) is 6.32. The highest BCUT2D eigenvalue weighted by Gasteiger charge is 2.29. The van der Waals surface area contributed by atoms with Crippen LogP contribution in [0, 0.1) is 12.8 Å². The van der Waals surface area contributed by atoms with Gasteiger partial charge in [0.15, 0.2) is 0 Å². The van der Waals surface area contributed by atoms with Gasteiger partial charge in [0.2, 0.25) is 0 Å². The molecule has 1 aromatic rings. The molecule has 1 saturated carbocycles. The third kappa shape index (κ3) is 2.87. The van der Waals surface area contributed by atoms with Crippen molar-refractivity contribution in [1.29, 1.82) is 0 Å². The molecule has 3 rings (SSSR count). The minimum Gasteiger partial charge on any atom is -0.355 e. The Morgan fingerprint density at radius 1 is 1.30 bits per heavy atom. The van der Waals surface area contributed by atoms with Gasteiger partial charge >= 0.3 is 0 Å². The molecule has 2 aliphatic rings. The second kappa shape index (κ2) is 5.56. The summed E-state index contributed by atoms with van der Waals surface area (Å²) in [7, 11) is 0. The molecule has 1 aromatic heterocycles. The second-order valence-corrected chi connectivity index (χ2v) is 6.32. The van der Waals surface area contributed by atoms with Crippen LogP contribution in [0.5, 0.6) is 0 Å². The van der Waals surface area contributed by atoms with Crippen molar-refractivity contribution >= 4 is 5.82 Å². The normalized spacial score (nSPS) is 25.3. The number of nitrogens with one attached hydrogen (secondary N) is 1.